The molecule has 0 fully saturated rings. The highest BCUT2D eigenvalue weighted by molar-refractivity contribution is 6.05. The summed E-state index contributed by atoms with van der Waals surface area (Å²) >= 11 is 0. The molecule has 2 aliphatic rings. The molecule has 36 heavy (non-hydrogen) atoms. The zero-order chi connectivity index (χ0) is 25.8. The first-order valence-corrected chi connectivity index (χ1v) is 11.6. The number of hydrogen-bond donors (Lipinski definition) is 5. The van der Waals surface area contributed by atoms with Gasteiger partial charge >= 0.3 is 0 Å². The van der Waals surface area contributed by atoms with Gasteiger partial charge in [0.15, 0.2) is 11.9 Å². The van der Waals surface area contributed by atoms with Crippen LogP contribution in [0.15, 0.2) is 48.6 Å². The van der Waals surface area contributed by atoms with Gasteiger partial charge < -0.3 is 31.3 Å². The summed E-state index contributed by atoms with van der Waals surface area (Å²) in [6, 6.07) is 9.96. The van der Waals surface area contributed by atoms with E-state index in [2.05, 4.69) is 5.32 Å². The number of hydrogen-bond acceptors (Lipinski definition) is 4. The summed E-state index contributed by atoms with van der Waals surface area (Å²) in [5.41, 5.74) is 15.1. The second kappa shape index (κ2) is 10.5. The van der Waals surface area contributed by atoms with Crippen LogP contribution < -0.4 is 21.5 Å². The summed E-state index contributed by atoms with van der Waals surface area (Å²) in [6.45, 7) is 2.23. The Labute approximate surface area is 209 Å². The molecule has 1 amide bonds. The van der Waals surface area contributed by atoms with Crippen LogP contribution in [0.1, 0.15) is 34.3 Å². The molecule has 2 aromatic carbocycles. The second-order valence-corrected chi connectivity index (χ2v) is 8.69. The molecule has 0 saturated carbocycles. The van der Waals surface area contributed by atoms with Gasteiger partial charge in [-0.25, -0.2) is 4.39 Å². The number of nitrogens with one attached hydrogen (secondary N) is 3. The van der Waals surface area contributed by atoms with Gasteiger partial charge in [0.25, 0.3) is 5.91 Å². The van der Waals surface area contributed by atoms with Crippen LogP contribution in [0, 0.1) is 16.6 Å². The smallest absolute Gasteiger partial charge is 0.255 e. The fourth-order valence-corrected chi connectivity index (χ4v) is 4.39. The molecular formula is C26H30FN7O2. The number of ether oxygens (including phenoxy) is 1. The fraction of sp³-hybridized carbons (Fsp3) is 0.269. The molecule has 10 heteroatoms. The largest absolute Gasteiger partial charge is 0.495 e. The maximum atomic E-state index is 14.9. The Bertz CT molecular complexity index is 1270. The van der Waals surface area contributed by atoms with Crippen molar-refractivity contribution in [2.75, 3.05) is 38.6 Å². The van der Waals surface area contributed by atoms with Crippen molar-refractivity contribution < 1.29 is 13.9 Å². The lowest BCUT2D eigenvalue weighted by Gasteiger charge is -2.27. The molecule has 0 unspecified atom stereocenters. The zero-order valence-electron chi connectivity index (χ0n) is 20.1. The summed E-state index contributed by atoms with van der Waals surface area (Å²) in [5.74, 6) is -0.371. The third-order valence-electron chi connectivity index (χ3n) is 6.50. The number of nitrogens with two attached hydrogens (primary N) is 2. The van der Waals surface area contributed by atoms with Crippen LogP contribution in [-0.2, 0) is 0 Å². The summed E-state index contributed by atoms with van der Waals surface area (Å²) < 4.78 is 20.4. The van der Waals surface area contributed by atoms with Crippen molar-refractivity contribution >= 4 is 34.7 Å². The molecular weight excluding hydrogens is 461 g/mol. The van der Waals surface area contributed by atoms with Crippen LogP contribution >= 0.6 is 0 Å². The molecule has 0 radical (unpaired) electrons. The van der Waals surface area contributed by atoms with E-state index < -0.39 is 11.7 Å². The Balaban J connectivity index is 1.47. The number of benzene rings is 2. The topological polar surface area (TPSA) is 145 Å². The maximum Gasteiger partial charge on any atom is 0.255 e. The Morgan fingerprint density at radius 2 is 1.61 bits per heavy atom. The van der Waals surface area contributed by atoms with E-state index in [9.17, 15) is 9.18 Å². The SMILES string of the molecule is COc1cc(C2=CCN(C(=N)N)CC2)ccc1NC(=O)c1ccc(C2=CCN(C(=N)N)CC2)c(F)c1. The standard InChI is InChI=1S/C26H30FN7O2/c1-36-23-15-18(16-6-10-33(11-7-16)25(28)29)3-5-22(23)32-24(35)19-2-4-20(21(27)14-19)17-8-12-34(13-9-17)26(30)31/h2-6,8,14-15H,7,9-13H2,1H3,(H3,28,29)(H3,30,31)(H,32,35). The first kappa shape index (κ1) is 24.8. The lowest BCUT2D eigenvalue weighted by molar-refractivity contribution is 0.102. The molecule has 9 nitrogen and oxygen atoms in total. The number of carbonyl (C=O) groups excluding carboxylic acids is 1. The van der Waals surface area contributed by atoms with Crippen LogP contribution in [0.2, 0.25) is 0 Å². The van der Waals surface area contributed by atoms with Gasteiger partial charge in [0.1, 0.15) is 11.6 Å². The first-order valence-electron chi connectivity index (χ1n) is 11.6. The van der Waals surface area contributed by atoms with Crippen molar-refractivity contribution in [3.63, 3.8) is 0 Å². The van der Waals surface area contributed by atoms with Crippen molar-refractivity contribution in [2.24, 2.45) is 11.5 Å². The molecule has 188 valence electrons. The predicted molar refractivity (Wildman–Crippen MR) is 140 cm³/mol. The van der Waals surface area contributed by atoms with Gasteiger partial charge in [-0.3, -0.25) is 15.6 Å². The molecule has 2 aromatic rings. The van der Waals surface area contributed by atoms with Gasteiger partial charge in [0.05, 0.1) is 12.8 Å². The summed E-state index contributed by atoms with van der Waals surface area (Å²) in [7, 11) is 1.53. The highest BCUT2D eigenvalue weighted by atomic mass is 19.1. The summed E-state index contributed by atoms with van der Waals surface area (Å²) in [4.78, 5) is 16.4. The number of anilines is 1. The third-order valence-corrected chi connectivity index (χ3v) is 6.50. The average Bonchev–Trinajstić information content (AvgIpc) is 2.89. The van der Waals surface area contributed by atoms with Gasteiger partial charge in [-0.15, -0.1) is 0 Å². The molecule has 7 N–H and O–H groups in total. The van der Waals surface area contributed by atoms with Crippen LogP contribution in [0.25, 0.3) is 11.1 Å². The number of halogens is 1. The Kier molecular flexibility index (Phi) is 7.23. The highest BCUT2D eigenvalue weighted by Gasteiger charge is 2.19. The fourth-order valence-electron chi connectivity index (χ4n) is 4.39. The van der Waals surface area contributed by atoms with Gasteiger partial charge in [-0.05, 0) is 53.8 Å². The monoisotopic (exact) mass is 491 g/mol. The van der Waals surface area contributed by atoms with Crippen molar-refractivity contribution in [3.05, 3.63) is 71.1 Å². The van der Waals surface area contributed by atoms with E-state index in [1.807, 2.05) is 24.3 Å². The van der Waals surface area contributed by atoms with Gasteiger partial charge in [0, 0.05) is 37.3 Å². The number of rotatable bonds is 5. The van der Waals surface area contributed by atoms with Crippen LogP contribution in [0.4, 0.5) is 10.1 Å². The highest BCUT2D eigenvalue weighted by Crippen LogP contribution is 2.32. The van der Waals surface area contributed by atoms with Crippen LogP contribution in [0.5, 0.6) is 5.75 Å². The molecule has 2 aliphatic heterocycles. The zero-order valence-corrected chi connectivity index (χ0v) is 20.1. The molecule has 0 bridgehead atoms. The Morgan fingerprint density at radius 3 is 2.14 bits per heavy atom. The molecule has 0 atom stereocenters. The maximum absolute atomic E-state index is 14.9. The van der Waals surface area contributed by atoms with E-state index in [4.69, 9.17) is 27.0 Å². The summed E-state index contributed by atoms with van der Waals surface area (Å²) in [6.07, 6.45) is 5.19. The average molecular weight is 492 g/mol. The van der Waals surface area contributed by atoms with Crippen LogP contribution in [-0.4, -0.2) is 60.9 Å². The summed E-state index contributed by atoms with van der Waals surface area (Å²) in [5, 5.41) is 17.9. The van der Waals surface area contributed by atoms with Crippen molar-refractivity contribution in [2.45, 2.75) is 12.8 Å². The van der Waals surface area contributed by atoms with E-state index in [0.717, 1.165) is 23.1 Å². The second-order valence-electron chi connectivity index (χ2n) is 8.69. The van der Waals surface area contributed by atoms with Crippen molar-refractivity contribution in [1.82, 2.24) is 9.80 Å². The van der Waals surface area contributed by atoms with Gasteiger partial charge in [-0.1, -0.05) is 24.3 Å². The van der Waals surface area contributed by atoms with Crippen LogP contribution in [0.3, 0.4) is 0 Å². The predicted octanol–water partition coefficient (Wildman–Crippen LogP) is 3.05. The normalized spacial score (nSPS) is 15.6. The minimum absolute atomic E-state index is 0.00338. The van der Waals surface area contributed by atoms with E-state index in [0.29, 0.717) is 49.6 Å². The number of methoxy groups -OCH3 is 1. The first-order chi connectivity index (χ1) is 17.3. The number of nitrogens with zero attached hydrogens (tertiary/aromatic N) is 2. The molecule has 2 heterocycles. The Morgan fingerprint density at radius 1 is 0.972 bits per heavy atom. The van der Waals surface area contributed by atoms with Crippen molar-refractivity contribution in [1.29, 1.82) is 10.8 Å². The molecule has 4 rings (SSSR count). The number of amides is 1. The lowest BCUT2D eigenvalue weighted by atomic mass is 9.97. The van der Waals surface area contributed by atoms with Gasteiger partial charge in [0.2, 0.25) is 0 Å². The molecule has 0 spiro atoms. The number of carbonyl (C=O) groups is 1. The minimum Gasteiger partial charge on any atom is -0.495 e. The molecule has 0 aliphatic carbocycles. The molecule has 0 saturated heterocycles. The van der Waals surface area contributed by atoms with E-state index in [-0.39, 0.29) is 17.5 Å². The minimum atomic E-state index is -0.476. The van der Waals surface area contributed by atoms with E-state index >= 15 is 0 Å². The quantitative estimate of drug-likeness (QED) is 0.321. The third kappa shape index (κ3) is 5.32. The van der Waals surface area contributed by atoms with Gasteiger partial charge in [-0.2, -0.15) is 0 Å². The van der Waals surface area contributed by atoms with E-state index in [1.165, 1.54) is 13.2 Å². The number of guanidine groups is 2. The Hall–Kier alpha value is -4.34. The van der Waals surface area contributed by atoms with Crippen molar-refractivity contribution in [3.8, 4) is 5.75 Å². The lowest BCUT2D eigenvalue weighted by Crippen LogP contribution is -2.39. The van der Waals surface area contributed by atoms with E-state index in [1.54, 1.807) is 28.0 Å². The molecule has 0 aromatic heterocycles.